The van der Waals surface area contributed by atoms with E-state index in [1.807, 2.05) is 12.1 Å². The van der Waals surface area contributed by atoms with Gasteiger partial charge < -0.3 is 19.2 Å². The minimum atomic E-state index is -0.573. The van der Waals surface area contributed by atoms with Crippen LogP contribution >= 0.6 is 0 Å². The number of benzene rings is 1. The van der Waals surface area contributed by atoms with Gasteiger partial charge in [0.15, 0.2) is 0 Å². The molecule has 1 amide bonds. The number of nitrogens with one attached hydrogen (secondary N) is 1. The van der Waals surface area contributed by atoms with Crippen molar-refractivity contribution in [2.45, 2.75) is 13.5 Å². The number of ether oxygens (including phenoxy) is 2. The smallest absolute Gasteiger partial charge is 0.340 e. The quantitative estimate of drug-likeness (QED) is 0.320. The fourth-order valence-corrected chi connectivity index (χ4v) is 3.57. The van der Waals surface area contributed by atoms with Crippen LogP contribution in [0.1, 0.15) is 49.4 Å². The van der Waals surface area contributed by atoms with Gasteiger partial charge in [-0.1, -0.05) is 18.2 Å². The van der Waals surface area contributed by atoms with E-state index in [0.717, 1.165) is 5.69 Å². The number of rotatable bonds is 8. The summed E-state index contributed by atoms with van der Waals surface area (Å²) in [6, 6.07) is 16.9. The van der Waals surface area contributed by atoms with Gasteiger partial charge in [-0.15, -0.1) is 0 Å². The molecule has 0 aliphatic carbocycles. The Kier molecular flexibility index (Phi) is 6.68. The SMILES string of the molecule is CCOC(=O)c1cc(C(=O)c2cccc(OC)c2)n2ccc(C(=O)NCc3ccccn3)cc12. The summed E-state index contributed by atoms with van der Waals surface area (Å²) in [4.78, 5) is 42.9. The van der Waals surface area contributed by atoms with E-state index in [4.69, 9.17) is 9.47 Å². The molecule has 0 aliphatic rings. The highest BCUT2D eigenvalue weighted by molar-refractivity contribution is 6.12. The molecule has 0 aliphatic heterocycles. The average molecular weight is 457 g/mol. The van der Waals surface area contributed by atoms with Crippen LogP contribution in [0.3, 0.4) is 0 Å². The van der Waals surface area contributed by atoms with Crippen LogP contribution in [0.5, 0.6) is 5.75 Å². The monoisotopic (exact) mass is 457 g/mol. The van der Waals surface area contributed by atoms with Crippen LogP contribution in [-0.2, 0) is 11.3 Å². The number of pyridine rings is 2. The molecule has 0 unspecified atom stereocenters. The molecule has 4 aromatic rings. The van der Waals surface area contributed by atoms with E-state index in [0.29, 0.717) is 22.4 Å². The van der Waals surface area contributed by atoms with Crippen molar-refractivity contribution in [2.75, 3.05) is 13.7 Å². The lowest BCUT2D eigenvalue weighted by Gasteiger charge is -2.08. The summed E-state index contributed by atoms with van der Waals surface area (Å²) < 4.78 is 12.0. The number of hydrogen-bond donors (Lipinski definition) is 1. The topological polar surface area (TPSA) is 99.0 Å². The predicted octanol–water partition coefficient (Wildman–Crippen LogP) is 3.68. The second kappa shape index (κ2) is 9.99. The molecule has 0 radical (unpaired) electrons. The molecule has 0 saturated heterocycles. The van der Waals surface area contributed by atoms with Gasteiger partial charge in [-0.3, -0.25) is 14.6 Å². The largest absolute Gasteiger partial charge is 0.497 e. The highest BCUT2D eigenvalue weighted by atomic mass is 16.5. The number of aromatic nitrogens is 2. The van der Waals surface area contributed by atoms with E-state index in [1.165, 1.54) is 13.2 Å². The Hall–Kier alpha value is -4.46. The number of ketones is 1. The minimum absolute atomic E-state index is 0.180. The Morgan fingerprint density at radius 3 is 2.59 bits per heavy atom. The number of nitrogens with zero attached hydrogens (tertiary/aromatic N) is 2. The first kappa shape index (κ1) is 22.7. The van der Waals surface area contributed by atoms with E-state index in [1.54, 1.807) is 66.2 Å². The molecule has 0 bridgehead atoms. The van der Waals surface area contributed by atoms with Crippen LogP contribution in [0.2, 0.25) is 0 Å². The van der Waals surface area contributed by atoms with Gasteiger partial charge in [-0.05, 0) is 49.4 Å². The van der Waals surface area contributed by atoms with Crippen LogP contribution in [0.4, 0.5) is 0 Å². The molecule has 172 valence electrons. The molecule has 0 spiro atoms. The lowest BCUT2D eigenvalue weighted by Crippen LogP contribution is -2.23. The summed E-state index contributed by atoms with van der Waals surface area (Å²) >= 11 is 0. The molecule has 4 rings (SSSR count). The summed E-state index contributed by atoms with van der Waals surface area (Å²) in [5.74, 6) is -0.651. The standard InChI is InChI=1S/C26H23N3O5/c1-3-34-26(32)21-15-23(24(30)17-7-6-9-20(13-17)33-2)29-12-10-18(14-22(21)29)25(31)28-16-19-8-4-5-11-27-19/h4-15H,3,16H2,1-2H3,(H,28,31). The Morgan fingerprint density at radius 2 is 1.85 bits per heavy atom. The zero-order valence-corrected chi connectivity index (χ0v) is 18.8. The van der Waals surface area contributed by atoms with Gasteiger partial charge in [0.1, 0.15) is 5.75 Å². The molecule has 34 heavy (non-hydrogen) atoms. The number of carbonyl (C=O) groups is 3. The lowest BCUT2D eigenvalue weighted by molar-refractivity contribution is 0.0528. The van der Waals surface area contributed by atoms with Crippen molar-refractivity contribution in [3.05, 3.63) is 101 Å². The van der Waals surface area contributed by atoms with E-state index < -0.39 is 5.97 Å². The number of amides is 1. The van der Waals surface area contributed by atoms with Crippen molar-refractivity contribution >= 4 is 23.2 Å². The minimum Gasteiger partial charge on any atom is -0.497 e. The highest BCUT2D eigenvalue weighted by Crippen LogP contribution is 2.24. The number of carbonyl (C=O) groups excluding carboxylic acids is 3. The summed E-state index contributed by atoms with van der Waals surface area (Å²) in [6.45, 7) is 2.14. The van der Waals surface area contributed by atoms with Crippen molar-refractivity contribution in [1.29, 1.82) is 0 Å². The Bertz CT molecular complexity index is 1360. The third kappa shape index (κ3) is 4.66. The maximum Gasteiger partial charge on any atom is 0.340 e. The zero-order chi connectivity index (χ0) is 24.1. The van der Waals surface area contributed by atoms with Crippen LogP contribution < -0.4 is 10.1 Å². The normalized spacial score (nSPS) is 10.6. The maximum atomic E-state index is 13.3. The fraction of sp³-hybridized carbons (Fsp3) is 0.154. The third-order valence-electron chi connectivity index (χ3n) is 5.25. The van der Waals surface area contributed by atoms with E-state index in [2.05, 4.69) is 10.3 Å². The van der Waals surface area contributed by atoms with Crippen LogP contribution in [0, 0.1) is 0 Å². The average Bonchev–Trinajstić information content (AvgIpc) is 3.26. The second-order valence-corrected chi connectivity index (χ2v) is 7.40. The first-order chi connectivity index (χ1) is 16.5. The first-order valence-electron chi connectivity index (χ1n) is 10.7. The van der Waals surface area contributed by atoms with Crippen molar-refractivity contribution in [3.63, 3.8) is 0 Å². The number of esters is 1. The van der Waals surface area contributed by atoms with Gasteiger partial charge in [0.05, 0.1) is 42.7 Å². The van der Waals surface area contributed by atoms with Gasteiger partial charge in [-0.2, -0.15) is 0 Å². The fourth-order valence-electron chi connectivity index (χ4n) is 3.57. The predicted molar refractivity (Wildman–Crippen MR) is 125 cm³/mol. The van der Waals surface area contributed by atoms with Crippen LogP contribution in [0.15, 0.2) is 73.1 Å². The second-order valence-electron chi connectivity index (χ2n) is 7.40. The Balaban J connectivity index is 1.71. The molecule has 1 aromatic carbocycles. The first-order valence-corrected chi connectivity index (χ1v) is 10.7. The maximum absolute atomic E-state index is 13.3. The molecule has 0 fully saturated rings. The van der Waals surface area contributed by atoms with Gasteiger partial charge in [0.2, 0.25) is 5.78 Å². The van der Waals surface area contributed by atoms with Crippen molar-refractivity contribution in [3.8, 4) is 5.75 Å². The van der Waals surface area contributed by atoms with Crippen LogP contribution in [0.25, 0.3) is 5.52 Å². The van der Waals surface area contributed by atoms with Crippen molar-refractivity contribution < 1.29 is 23.9 Å². The third-order valence-corrected chi connectivity index (χ3v) is 5.25. The summed E-state index contributed by atoms with van der Waals surface area (Å²) in [6.07, 6.45) is 3.25. The summed E-state index contributed by atoms with van der Waals surface area (Å²) in [7, 11) is 1.52. The molecule has 0 saturated carbocycles. The van der Waals surface area contributed by atoms with Gasteiger partial charge in [0, 0.05) is 23.5 Å². The molecule has 0 atom stereocenters. The van der Waals surface area contributed by atoms with Gasteiger partial charge in [-0.25, -0.2) is 4.79 Å². The molecular weight excluding hydrogens is 434 g/mol. The molecule has 3 heterocycles. The van der Waals surface area contributed by atoms with Crippen molar-refractivity contribution in [1.82, 2.24) is 14.7 Å². The molecule has 8 heteroatoms. The summed E-state index contributed by atoms with van der Waals surface area (Å²) in [5.41, 5.74) is 2.34. The number of hydrogen-bond acceptors (Lipinski definition) is 6. The van der Waals surface area contributed by atoms with Crippen LogP contribution in [-0.4, -0.2) is 40.8 Å². The molecule has 1 N–H and O–H groups in total. The lowest BCUT2D eigenvalue weighted by atomic mass is 10.1. The number of methoxy groups -OCH3 is 1. The Morgan fingerprint density at radius 1 is 1.00 bits per heavy atom. The molecular formula is C26H23N3O5. The van der Waals surface area contributed by atoms with Gasteiger partial charge in [0.25, 0.3) is 5.91 Å². The van der Waals surface area contributed by atoms with Gasteiger partial charge >= 0.3 is 5.97 Å². The highest BCUT2D eigenvalue weighted by Gasteiger charge is 2.23. The van der Waals surface area contributed by atoms with Crippen molar-refractivity contribution in [2.24, 2.45) is 0 Å². The van der Waals surface area contributed by atoms with E-state index in [9.17, 15) is 14.4 Å². The summed E-state index contributed by atoms with van der Waals surface area (Å²) in [5, 5.41) is 2.81. The number of fused-ring (bicyclic) bond motifs is 1. The molecule has 3 aromatic heterocycles. The molecule has 8 nitrogen and oxygen atoms in total. The Labute approximate surface area is 196 Å². The van der Waals surface area contributed by atoms with E-state index in [-0.39, 0.29) is 36.1 Å². The van der Waals surface area contributed by atoms with E-state index >= 15 is 0 Å². The zero-order valence-electron chi connectivity index (χ0n) is 18.8.